The smallest absolute Gasteiger partial charge is 0.309 e. The van der Waals surface area contributed by atoms with Gasteiger partial charge >= 0.3 is 5.97 Å². The van der Waals surface area contributed by atoms with Crippen LogP contribution in [-0.2, 0) is 9.53 Å². The molecule has 1 aromatic rings. The molecule has 0 radical (unpaired) electrons. The van der Waals surface area contributed by atoms with Gasteiger partial charge in [0.25, 0.3) is 0 Å². The van der Waals surface area contributed by atoms with Crippen molar-refractivity contribution in [2.24, 2.45) is 17.8 Å². The summed E-state index contributed by atoms with van der Waals surface area (Å²) in [7, 11) is 0. The molecule has 4 atom stereocenters. The van der Waals surface area contributed by atoms with Gasteiger partial charge in [-0.25, -0.2) is 0 Å². The summed E-state index contributed by atoms with van der Waals surface area (Å²) in [6, 6.07) is 9.92. The first kappa shape index (κ1) is 14.1. The Kier molecular flexibility index (Phi) is 4.62. The molecule has 0 aromatic heterocycles. The number of carbonyl (C=O) groups is 1. The van der Waals surface area contributed by atoms with E-state index in [2.05, 4.69) is 6.92 Å². The maximum Gasteiger partial charge on any atom is 0.309 e. The first-order chi connectivity index (χ1) is 9.08. The van der Waals surface area contributed by atoms with Crippen molar-refractivity contribution in [3.63, 3.8) is 0 Å². The Bertz CT molecular complexity index is 413. The minimum atomic E-state index is -0.157. The SMILES string of the molecule is C[C@@H]1CC[C@H]([C@H](C)C(=O)O[C@H](C)c2ccccc2)C1. The fourth-order valence-electron chi connectivity index (χ4n) is 2.97. The van der Waals surface area contributed by atoms with E-state index in [1.165, 1.54) is 6.42 Å². The zero-order valence-corrected chi connectivity index (χ0v) is 12.1. The van der Waals surface area contributed by atoms with Crippen LogP contribution in [-0.4, -0.2) is 5.97 Å². The highest BCUT2D eigenvalue weighted by Crippen LogP contribution is 2.36. The lowest BCUT2D eigenvalue weighted by atomic mass is 9.92. The van der Waals surface area contributed by atoms with Crippen LogP contribution < -0.4 is 0 Å². The Hall–Kier alpha value is -1.31. The van der Waals surface area contributed by atoms with Crippen LogP contribution in [0.3, 0.4) is 0 Å². The van der Waals surface area contributed by atoms with E-state index in [1.807, 2.05) is 44.2 Å². The van der Waals surface area contributed by atoms with Gasteiger partial charge in [0.2, 0.25) is 0 Å². The predicted octanol–water partition coefficient (Wildman–Crippen LogP) is 4.36. The van der Waals surface area contributed by atoms with Crippen LogP contribution in [0.5, 0.6) is 0 Å². The highest BCUT2D eigenvalue weighted by atomic mass is 16.5. The van der Waals surface area contributed by atoms with Gasteiger partial charge in [-0.3, -0.25) is 4.79 Å². The van der Waals surface area contributed by atoms with Crippen molar-refractivity contribution in [2.45, 2.75) is 46.1 Å². The number of ether oxygens (including phenoxy) is 1. The van der Waals surface area contributed by atoms with E-state index in [0.717, 1.165) is 24.3 Å². The maximum absolute atomic E-state index is 12.2. The van der Waals surface area contributed by atoms with Gasteiger partial charge in [-0.2, -0.15) is 0 Å². The molecule has 0 N–H and O–H groups in total. The quantitative estimate of drug-likeness (QED) is 0.752. The highest BCUT2D eigenvalue weighted by Gasteiger charge is 2.31. The van der Waals surface area contributed by atoms with E-state index in [1.54, 1.807) is 0 Å². The third kappa shape index (κ3) is 3.59. The second-order valence-corrected chi connectivity index (χ2v) is 5.96. The number of benzene rings is 1. The van der Waals surface area contributed by atoms with Gasteiger partial charge < -0.3 is 4.74 Å². The molecular weight excluding hydrogens is 236 g/mol. The van der Waals surface area contributed by atoms with Crippen LogP contribution in [0, 0.1) is 17.8 Å². The van der Waals surface area contributed by atoms with Crippen LogP contribution in [0.2, 0.25) is 0 Å². The zero-order chi connectivity index (χ0) is 13.8. The van der Waals surface area contributed by atoms with E-state index in [4.69, 9.17) is 4.74 Å². The summed E-state index contributed by atoms with van der Waals surface area (Å²) in [6.07, 6.45) is 3.42. The molecule has 1 aliphatic carbocycles. The van der Waals surface area contributed by atoms with Gasteiger partial charge in [-0.1, -0.05) is 50.6 Å². The second kappa shape index (κ2) is 6.23. The lowest BCUT2D eigenvalue weighted by molar-refractivity contribution is -0.154. The van der Waals surface area contributed by atoms with Crippen molar-refractivity contribution in [3.05, 3.63) is 35.9 Å². The molecule has 2 nitrogen and oxygen atoms in total. The average Bonchev–Trinajstić information content (AvgIpc) is 2.85. The van der Waals surface area contributed by atoms with E-state index in [-0.39, 0.29) is 18.0 Å². The third-order valence-electron chi connectivity index (χ3n) is 4.38. The molecule has 0 spiro atoms. The topological polar surface area (TPSA) is 26.3 Å². The van der Waals surface area contributed by atoms with Crippen molar-refractivity contribution in [1.29, 1.82) is 0 Å². The molecule has 0 heterocycles. The van der Waals surface area contributed by atoms with Crippen molar-refractivity contribution in [3.8, 4) is 0 Å². The minimum absolute atomic E-state index is 0.0242. The standard InChI is InChI=1S/C17H24O2/c1-12-9-10-16(11-12)13(2)17(18)19-14(3)15-7-5-4-6-8-15/h4-8,12-14,16H,9-11H2,1-3H3/t12-,13+,14-,16+/m1/s1. The maximum atomic E-state index is 12.2. The first-order valence-electron chi connectivity index (χ1n) is 7.33. The average molecular weight is 260 g/mol. The second-order valence-electron chi connectivity index (χ2n) is 5.96. The molecule has 1 aliphatic rings. The van der Waals surface area contributed by atoms with Crippen molar-refractivity contribution in [2.75, 3.05) is 0 Å². The van der Waals surface area contributed by atoms with Crippen molar-refractivity contribution in [1.82, 2.24) is 0 Å². The molecule has 1 aromatic carbocycles. The molecule has 0 amide bonds. The molecule has 19 heavy (non-hydrogen) atoms. The predicted molar refractivity (Wildman–Crippen MR) is 76.6 cm³/mol. The van der Waals surface area contributed by atoms with Crippen molar-refractivity contribution < 1.29 is 9.53 Å². The van der Waals surface area contributed by atoms with E-state index >= 15 is 0 Å². The van der Waals surface area contributed by atoms with Gasteiger partial charge in [-0.15, -0.1) is 0 Å². The monoisotopic (exact) mass is 260 g/mol. The zero-order valence-electron chi connectivity index (χ0n) is 12.1. The van der Waals surface area contributed by atoms with E-state index in [9.17, 15) is 4.79 Å². The van der Waals surface area contributed by atoms with Crippen LogP contribution >= 0.6 is 0 Å². The molecule has 0 saturated heterocycles. The Morgan fingerprint density at radius 3 is 2.47 bits per heavy atom. The van der Waals surface area contributed by atoms with Gasteiger partial charge in [0, 0.05) is 0 Å². The summed E-state index contributed by atoms with van der Waals surface area (Å²) in [6.45, 7) is 6.23. The largest absolute Gasteiger partial charge is 0.458 e. The Morgan fingerprint density at radius 1 is 1.21 bits per heavy atom. The molecule has 2 rings (SSSR count). The summed E-state index contributed by atoms with van der Waals surface area (Å²) in [4.78, 5) is 12.2. The van der Waals surface area contributed by atoms with Crippen LogP contribution in [0.25, 0.3) is 0 Å². The number of hydrogen-bond acceptors (Lipinski definition) is 2. The minimum Gasteiger partial charge on any atom is -0.458 e. The summed E-state index contributed by atoms with van der Waals surface area (Å²) in [5, 5.41) is 0. The summed E-state index contributed by atoms with van der Waals surface area (Å²) < 4.78 is 5.61. The first-order valence-corrected chi connectivity index (χ1v) is 7.33. The lowest BCUT2D eigenvalue weighted by Crippen LogP contribution is -2.23. The molecule has 2 heteroatoms. The Labute approximate surface area is 116 Å². The van der Waals surface area contributed by atoms with E-state index < -0.39 is 0 Å². The summed E-state index contributed by atoms with van der Waals surface area (Å²) in [5.74, 6) is 1.24. The number of rotatable bonds is 4. The van der Waals surface area contributed by atoms with Crippen LogP contribution in [0.4, 0.5) is 0 Å². The van der Waals surface area contributed by atoms with Gasteiger partial charge in [0.15, 0.2) is 0 Å². The molecule has 104 valence electrons. The summed E-state index contributed by atoms with van der Waals surface area (Å²) in [5.41, 5.74) is 1.06. The number of esters is 1. The molecule has 1 saturated carbocycles. The molecular formula is C17H24O2. The molecule has 0 unspecified atom stereocenters. The van der Waals surface area contributed by atoms with Crippen LogP contribution in [0.15, 0.2) is 30.3 Å². The molecule has 1 fully saturated rings. The molecule has 0 aliphatic heterocycles. The number of carbonyl (C=O) groups excluding carboxylic acids is 1. The number of hydrogen-bond donors (Lipinski definition) is 0. The Balaban J connectivity index is 1.90. The summed E-state index contributed by atoms with van der Waals surface area (Å²) >= 11 is 0. The van der Waals surface area contributed by atoms with Crippen LogP contribution in [0.1, 0.15) is 51.7 Å². The normalized spacial score (nSPS) is 25.8. The van der Waals surface area contributed by atoms with Gasteiger partial charge in [-0.05, 0) is 37.2 Å². The molecule has 0 bridgehead atoms. The van der Waals surface area contributed by atoms with Gasteiger partial charge in [0.1, 0.15) is 6.10 Å². The van der Waals surface area contributed by atoms with Gasteiger partial charge in [0.05, 0.1) is 5.92 Å². The van der Waals surface area contributed by atoms with E-state index in [0.29, 0.717) is 5.92 Å². The fourth-order valence-corrected chi connectivity index (χ4v) is 2.97. The highest BCUT2D eigenvalue weighted by molar-refractivity contribution is 5.72. The third-order valence-corrected chi connectivity index (χ3v) is 4.38. The van der Waals surface area contributed by atoms with Crippen molar-refractivity contribution >= 4 is 5.97 Å². The lowest BCUT2D eigenvalue weighted by Gasteiger charge is -2.21. The Morgan fingerprint density at radius 2 is 1.89 bits per heavy atom. The fraction of sp³-hybridized carbons (Fsp3) is 0.588.